The van der Waals surface area contributed by atoms with Gasteiger partial charge in [-0.2, -0.15) is 0 Å². The molecule has 0 aromatic heterocycles. The van der Waals surface area contributed by atoms with Crippen molar-refractivity contribution in [2.24, 2.45) is 11.8 Å². The topological polar surface area (TPSA) is 29.1 Å². The van der Waals surface area contributed by atoms with Gasteiger partial charge in [0.15, 0.2) is 0 Å². The first-order valence-corrected chi connectivity index (χ1v) is 12.9. The lowest BCUT2D eigenvalue weighted by atomic mass is 9.67. The van der Waals surface area contributed by atoms with Crippen LogP contribution >= 0.6 is 0 Å². The van der Waals surface area contributed by atoms with E-state index in [4.69, 9.17) is 4.74 Å². The molecule has 164 valence electrons. The summed E-state index contributed by atoms with van der Waals surface area (Å²) in [6.45, 7) is 4.79. The van der Waals surface area contributed by atoms with Gasteiger partial charge in [0.2, 0.25) is 0 Å². The first-order chi connectivity index (χ1) is 13.8. The Morgan fingerprint density at radius 3 is 1.61 bits per heavy atom. The highest BCUT2D eigenvalue weighted by Crippen LogP contribution is 2.43. The van der Waals surface area contributed by atoms with Gasteiger partial charge in [-0.1, -0.05) is 103 Å². The van der Waals surface area contributed by atoms with Crippen molar-refractivity contribution in [2.45, 2.75) is 141 Å². The molecule has 3 aliphatic rings. The van der Waals surface area contributed by atoms with Crippen LogP contribution in [0.4, 0.5) is 0 Å². The SMILES string of the molecule is [CH2]CCCCCCCCCCCCCCCCCOC1CC2CCC1C([O])C2. The van der Waals surface area contributed by atoms with Crippen molar-refractivity contribution in [3.05, 3.63) is 6.92 Å². The number of fused-ring (bicyclic) bond motifs is 3. The van der Waals surface area contributed by atoms with Crippen LogP contribution in [0.3, 0.4) is 0 Å². The van der Waals surface area contributed by atoms with E-state index in [1.807, 2.05) is 0 Å². The first-order valence-electron chi connectivity index (χ1n) is 12.9. The second kappa shape index (κ2) is 15.7. The predicted octanol–water partition coefficient (Wildman–Crippen LogP) is 8.07. The third kappa shape index (κ3) is 10.1. The molecule has 3 aliphatic carbocycles. The Hall–Kier alpha value is -0.0800. The molecule has 2 radical (unpaired) electrons. The van der Waals surface area contributed by atoms with Crippen molar-refractivity contribution in [1.82, 2.24) is 0 Å². The lowest BCUT2D eigenvalue weighted by Gasteiger charge is -2.44. The number of unbranched alkanes of at least 4 members (excludes halogenated alkanes) is 15. The molecular formula is C26H48O2. The van der Waals surface area contributed by atoms with E-state index in [-0.39, 0.29) is 6.10 Å². The zero-order valence-corrected chi connectivity index (χ0v) is 18.7. The summed E-state index contributed by atoms with van der Waals surface area (Å²) in [7, 11) is 0. The van der Waals surface area contributed by atoms with Gasteiger partial charge >= 0.3 is 0 Å². The molecule has 3 fully saturated rings. The molecule has 0 aromatic rings. The normalized spacial score (nSPS) is 26.8. The molecule has 3 saturated carbocycles. The van der Waals surface area contributed by atoms with Crippen molar-refractivity contribution in [1.29, 1.82) is 0 Å². The van der Waals surface area contributed by atoms with Crippen LogP contribution in [0.5, 0.6) is 0 Å². The molecule has 28 heavy (non-hydrogen) atoms. The van der Waals surface area contributed by atoms with E-state index in [0.29, 0.717) is 17.9 Å². The number of rotatable bonds is 18. The summed E-state index contributed by atoms with van der Waals surface area (Å²) in [5.41, 5.74) is 0. The van der Waals surface area contributed by atoms with E-state index in [9.17, 15) is 5.11 Å². The van der Waals surface area contributed by atoms with Gasteiger partial charge in [0.1, 0.15) is 0 Å². The van der Waals surface area contributed by atoms with E-state index >= 15 is 0 Å². The zero-order chi connectivity index (χ0) is 19.9. The van der Waals surface area contributed by atoms with E-state index in [2.05, 4.69) is 6.92 Å². The largest absolute Gasteiger partial charge is 0.378 e. The van der Waals surface area contributed by atoms with Gasteiger partial charge < -0.3 is 4.74 Å². The maximum Gasteiger partial charge on any atom is 0.0985 e. The Balaban J connectivity index is 1.27. The van der Waals surface area contributed by atoms with Gasteiger partial charge in [-0.3, -0.25) is 0 Å². The Morgan fingerprint density at radius 2 is 1.14 bits per heavy atom. The van der Waals surface area contributed by atoms with Crippen molar-refractivity contribution < 1.29 is 9.84 Å². The van der Waals surface area contributed by atoms with E-state index < -0.39 is 0 Å². The van der Waals surface area contributed by atoms with Crippen molar-refractivity contribution in [3.8, 4) is 0 Å². The Morgan fingerprint density at radius 1 is 0.643 bits per heavy atom. The summed E-state index contributed by atoms with van der Waals surface area (Å²) >= 11 is 0. The fourth-order valence-electron chi connectivity index (χ4n) is 5.38. The van der Waals surface area contributed by atoms with Gasteiger partial charge in [0, 0.05) is 12.5 Å². The Bertz CT molecular complexity index is 356. The molecule has 0 aliphatic heterocycles. The first kappa shape index (κ1) is 24.2. The fourth-order valence-corrected chi connectivity index (χ4v) is 5.38. The standard InChI is InChI=1S/C26H48O2/c1-2-3-4-5-6-7-8-9-10-11-12-13-14-15-16-17-20-28-26-22-23-18-19-24(26)25(27)21-23/h23-26H,1-22H2. The van der Waals surface area contributed by atoms with E-state index in [0.717, 1.165) is 25.9 Å². The molecule has 4 unspecified atom stereocenters. The lowest BCUT2D eigenvalue weighted by molar-refractivity contribution is -0.131. The predicted molar refractivity (Wildman–Crippen MR) is 119 cm³/mol. The number of hydrogen-bond acceptors (Lipinski definition) is 1. The minimum atomic E-state index is -0.332. The Labute approximate surface area is 176 Å². The molecular weight excluding hydrogens is 344 g/mol. The summed E-state index contributed by atoms with van der Waals surface area (Å²) in [5.74, 6) is 0.990. The second-order valence-corrected chi connectivity index (χ2v) is 9.68. The third-order valence-corrected chi connectivity index (χ3v) is 7.22. The summed E-state index contributed by atoms with van der Waals surface area (Å²) in [4.78, 5) is 0. The number of ether oxygens (including phenoxy) is 1. The highest BCUT2D eigenvalue weighted by molar-refractivity contribution is 4.92. The average molecular weight is 393 g/mol. The van der Waals surface area contributed by atoms with E-state index in [1.54, 1.807) is 0 Å². The van der Waals surface area contributed by atoms with Crippen molar-refractivity contribution in [3.63, 3.8) is 0 Å². The molecule has 2 bridgehead atoms. The summed E-state index contributed by atoms with van der Waals surface area (Å²) in [6, 6.07) is 0. The number of hydrogen-bond donors (Lipinski definition) is 0. The van der Waals surface area contributed by atoms with Crippen LogP contribution in [-0.2, 0) is 9.84 Å². The summed E-state index contributed by atoms with van der Waals surface area (Å²) in [6.07, 6.45) is 26.4. The molecule has 2 nitrogen and oxygen atoms in total. The van der Waals surface area contributed by atoms with Crippen LogP contribution in [0.1, 0.15) is 128 Å². The molecule has 4 atom stereocenters. The van der Waals surface area contributed by atoms with Gasteiger partial charge in [0.05, 0.1) is 12.2 Å². The fraction of sp³-hybridized carbons (Fsp3) is 0.962. The van der Waals surface area contributed by atoms with Crippen LogP contribution in [0.15, 0.2) is 0 Å². The molecule has 0 amide bonds. The highest BCUT2D eigenvalue weighted by atomic mass is 16.5. The lowest BCUT2D eigenvalue weighted by Crippen LogP contribution is -2.45. The highest BCUT2D eigenvalue weighted by Gasteiger charge is 2.42. The molecule has 3 rings (SSSR count). The quantitative estimate of drug-likeness (QED) is 0.217. The summed E-state index contributed by atoms with van der Waals surface area (Å²) < 4.78 is 6.10. The summed E-state index contributed by atoms with van der Waals surface area (Å²) in [5, 5.41) is 12.0. The average Bonchev–Trinajstić information content (AvgIpc) is 2.70. The molecule has 0 saturated heterocycles. The van der Waals surface area contributed by atoms with E-state index in [1.165, 1.54) is 109 Å². The second-order valence-electron chi connectivity index (χ2n) is 9.68. The Kier molecular flexibility index (Phi) is 13.6. The molecule has 0 heterocycles. The minimum Gasteiger partial charge on any atom is -0.378 e. The van der Waals surface area contributed by atoms with Crippen LogP contribution in [0, 0.1) is 18.8 Å². The molecule has 0 spiro atoms. The third-order valence-electron chi connectivity index (χ3n) is 7.22. The van der Waals surface area contributed by atoms with Crippen molar-refractivity contribution in [2.75, 3.05) is 6.61 Å². The van der Waals surface area contributed by atoms with Crippen LogP contribution in [-0.4, -0.2) is 18.8 Å². The maximum absolute atomic E-state index is 12.0. The van der Waals surface area contributed by atoms with Gasteiger partial charge in [-0.25, -0.2) is 5.11 Å². The van der Waals surface area contributed by atoms with Gasteiger partial charge in [-0.15, -0.1) is 0 Å². The molecule has 2 heteroatoms. The van der Waals surface area contributed by atoms with Gasteiger partial charge in [0.25, 0.3) is 0 Å². The van der Waals surface area contributed by atoms with Crippen LogP contribution in [0.2, 0.25) is 0 Å². The maximum atomic E-state index is 12.0. The van der Waals surface area contributed by atoms with Gasteiger partial charge in [-0.05, 0) is 38.0 Å². The van der Waals surface area contributed by atoms with Crippen LogP contribution < -0.4 is 0 Å². The van der Waals surface area contributed by atoms with Crippen LogP contribution in [0.25, 0.3) is 0 Å². The molecule has 0 N–H and O–H groups in total. The monoisotopic (exact) mass is 392 g/mol. The smallest absolute Gasteiger partial charge is 0.0985 e. The zero-order valence-electron chi connectivity index (χ0n) is 18.7. The minimum absolute atomic E-state index is 0.295. The molecule has 0 aromatic carbocycles. The van der Waals surface area contributed by atoms with Crippen molar-refractivity contribution >= 4 is 0 Å².